The van der Waals surface area contributed by atoms with E-state index in [9.17, 15) is 14.4 Å². The van der Waals surface area contributed by atoms with Crippen molar-refractivity contribution in [1.82, 2.24) is 14.6 Å². The molecule has 0 saturated heterocycles. The minimum absolute atomic E-state index is 0.0834. The number of nitriles is 1. The van der Waals surface area contributed by atoms with Gasteiger partial charge in [-0.2, -0.15) is 5.26 Å². The highest BCUT2D eigenvalue weighted by Gasteiger charge is 2.14. The zero-order valence-corrected chi connectivity index (χ0v) is 15.8. The predicted molar refractivity (Wildman–Crippen MR) is 111 cm³/mol. The van der Waals surface area contributed by atoms with Crippen molar-refractivity contribution in [2.45, 2.75) is 6.92 Å². The van der Waals surface area contributed by atoms with E-state index >= 15 is 0 Å². The fourth-order valence-electron chi connectivity index (χ4n) is 3.14. The van der Waals surface area contributed by atoms with Gasteiger partial charge in [-0.05, 0) is 48.4 Å². The zero-order chi connectivity index (χ0) is 21.3. The number of carbonyl (C=O) groups is 1. The third-order valence-electron chi connectivity index (χ3n) is 4.61. The van der Waals surface area contributed by atoms with Crippen LogP contribution in [0.4, 0.5) is 26.5 Å². The first-order valence-corrected chi connectivity index (χ1v) is 8.95. The summed E-state index contributed by atoms with van der Waals surface area (Å²) in [5, 5.41) is 22.1. The van der Waals surface area contributed by atoms with E-state index in [1.54, 1.807) is 41.7 Å². The summed E-state index contributed by atoms with van der Waals surface area (Å²) in [5.41, 5.74) is 9.16. The normalized spacial score (nSPS) is 10.6. The van der Waals surface area contributed by atoms with Crippen LogP contribution in [-0.2, 0) is 0 Å². The molecule has 8 nitrogen and oxygen atoms in total. The number of carbonyl (C=O) groups excluding carboxylic acids is 1. The Morgan fingerprint density at radius 2 is 1.87 bits per heavy atom. The summed E-state index contributed by atoms with van der Waals surface area (Å²) in [4.78, 5) is 12.3. The highest BCUT2D eigenvalue weighted by molar-refractivity contribution is 6.00. The van der Waals surface area contributed by atoms with Crippen LogP contribution >= 0.6 is 0 Å². The fourth-order valence-corrected chi connectivity index (χ4v) is 3.14. The van der Waals surface area contributed by atoms with Gasteiger partial charge >= 0.3 is 6.03 Å². The average Bonchev–Trinajstić information content (AvgIpc) is 3.13. The van der Waals surface area contributed by atoms with Crippen molar-refractivity contribution in [2.24, 2.45) is 0 Å². The molecule has 0 radical (unpaired) electrons. The van der Waals surface area contributed by atoms with Crippen LogP contribution in [0.3, 0.4) is 0 Å². The molecule has 4 aromatic rings. The number of halogens is 1. The fraction of sp³-hybridized carbons (Fsp3) is 0.0476. The molecule has 2 aromatic carbocycles. The number of nitrogens with one attached hydrogen (secondary N) is 2. The molecule has 0 bridgehead atoms. The Hall–Kier alpha value is -4.45. The van der Waals surface area contributed by atoms with E-state index in [2.05, 4.69) is 20.8 Å². The quantitative estimate of drug-likeness (QED) is 0.480. The zero-order valence-electron chi connectivity index (χ0n) is 15.8. The molecular weight excluding hydrogens is 385 g/mol. The van der Waals surface area contributed by atoms with Crippen molar-refractivity contribution < 1.29 is 9.18 Å². The number of nitrogens with zero attached hydrogens (tertiary/aromatic N) is 4. The van der Waals surface area contributed by atoms with E-state index in [-0.39, 0.29) is 17.2 Å². The number of anilines is 3. The van der Waals surface area contributed by atoms with Gasteiger partial charge in [0.05, 0.1) is 16.9 Å². The first-order chi connectivity index (χ1) is 14.5. The maximum absolute atomic E-state index is 14.1. The Balaban J connectivity index is 1.55. The lowest BCUT2D eigenvalue weighted by Crippen LogP contribution is -2.21. The molecule has 0 atom stereocenters. The van der Waals surface area contributed by atoms with Gasteiger partial charge in [-0.15, -0.1) is 10.2 Å². The molecule has 0 unspecified atom stereocenters. The van der Waals surface area contributed by atoms with Gasteiger partial charge < -0.3 is 16.4 Å². The van der Waals surface area contributed by atoms with Crippen LogP contribution in [0.5, 0.6) is 0 Å². The van der Waals surface area contributed by atoms with Crippen molar-refractivity contribution in [3.05, 3.63) is 71.5 Å². The number of fused-ring (bicyclic) bond motifs is 1. The molecule has 0 saturated carbocycles. The van der Waals surface area contributed by atoms with Crippen molar-refractivity contribution in [1.29, 1.82) is 5.26 Å². The summed E-state index contributed by atoms with van der Waals surface area (Å²) in [5.74, 6) is -0.405. The topological polar surface area (TPSA) is 121 Å². The number of nitrogens with two attached hydrogens (primary N) is 1. The third-order valence-corrected chi connectivity index (χ3v) is 4.61. The van der Waals surface area contributed by atoms with Gasteiger partial charge in [0.1, 0.15) is 11.9 Å². The lowest BCUT2D eigenvalue weighted by atomic mass is 10.1. The molecule has 0 aliphatic rings. The van der Waals surface area contributed by atoms with Gasteiger partial charge in [0.25, 0.3) is 0 Å². The summed E-state index contributed by atoms with van der Waals surface area (Å²) < 4.78 is 15.8. The summed E-state index contributed by atoms with van der Waals surface area (Å²) >= 11 is 0. The molecule has 0 fully saturated rings. The number of hydrogen-bond donors (Lipinski definition) is 3. The van der Waals surface area contributed by atoms with Crippen molar-refractivity contribution >= 4 is 29.0 Å². The van der Waals surface area contributed by atoms with Crippen LogP contribution < -0.4 is 16.4 Å². The van der Waals surface area contributed by atoms with Gasteiger partial charge in [0, 0.05) is 5.69 Å². The number of aromatic nitrogens is 3. The summed E-state index contributed by atoms with van der Waals surface area (Å²) in [6.45, 7) is 1.67. The first-order valence-electron chi connectivity index (χ1n) is 8.95. The molecular formula is C21H16FN7O. The summed E-state index contributed by atoms with van der Waals surface area (Å²) in [7, 11) is 0. The number of aryl methyl sites for hydroxylation is 1. The van der Waals surface area contributed by atoms with Crippen molar-refractivity contribution in [3.8, 4) is 17.3 Å². The standard InChI is InChI=1S/C21H16FN7O/c1-12-5-10-16(22)19(15(12)11-23)26-21(30)25-14-8-6-13(7-9-14)17-3-2-4-18-27-28-20(24)29(17)18/h2-10H,1H3,(H2,24,28)(H2,25,26,30). The third kappa shape index (κ3) is 3.38. The van der Waals surface area contributed by atoms with Crippen LogP contribution in [0.15, 0.2) is 54.6 Å². The minimum Gasteiger partial charge on any atom is -0.368 e. The lowest BCUT2D eigenvalue weighted by Gasteiger charge is -2.12. The second-order valence-corrected chi connectivity index (χ2v) is 6.55. The van der Waals surface area contributed by atoms with Crippen LogP contribution in [0.1, 0.15) is 11.1 Å². The molecule has 2 amide bonds. The van der Waals surface area contributed by atoms with E-state index in [0.29, 0.717) is 16.9 Å². The molecule has 0 aliphatic heterocycles. The van der Waals surface area contributed by atoms with E-state index in [1.165, 1.54) is 12.1 Å². The Morgan fingerprint density at radius 3 is 2.60 bits per heavy atom. The van der Waals surface area contributed by atoms with Gasteiger partial charge in [-0.1, -0.05) is 24.3 Å². The lowest BCUT2D eigenvalue weighted by molar-refractivity contribution is 0.262. The molecule has 2 heterocycles. The predicted octanol–water partition coefficient (Wildman–Crippen LogP) is 3.94. The van der Waals surface area contributed by atoms with Gasteiger partial charge in [-0.3, -0.25) is 4.40 Å². The Labute approximate surface area is 170 Å². The summed E-state index contributed by atoms with van der Waals surface area (Å²) in [6, 6.07) is 16.5. The Bertz CT molecular complexity index is 1310. The van der Waals surface area contributed by atoms with Crippen LogP contribution in [-0.4, -0.2) is 20.6 Å². The molecule has 148 valence electrons. The molecule has 9 heteroatoms. The van der Waals surface area contributed by atoms with Gasteiger partial charge in [0.15, 0.2) is 5.65 Å². The molecule has 0 aliphatic carbocycles. The van der Waals surface area contributed by atoms with Gasteiger partial charge in [-0.25, -0.2) is 9.18 Å². The number of amides is 2. The SMILES string of the molecule is Cc1ccc(F)c(NC(=O)Nc2ccc(-c3cccc4nnc(N)n34)cc2)c1C#N. The number of benzene rings is 2. The second kappa shape index (κ2) is 7.52. The van der Waals surface area contributed by atoms with E-state index in [0.717, 1.165) is 11.3 Å². The average molecular weight is 401 g/mol. The Morgan fingerprint density at radius 1 is 1.10 bits per heavy atom. The van der Waals surface area contributed by atoms with Crippen molar-refractivity contribution in [2.75, 3.05) is 16.4 Å². The Kier molecular flexibility index (Phi) is 4.74. The molecule has 2 aromatic heterocycles. The minimum atomic E-state index is -0.678. The number of rotatable bonds is 3. The molecule has 0 spiro atoms. The monoisotopic (exact) mass is 401 g/mol. The molecule has 30 heavy (non-hydrogen) atoms. The van der Waals surface area contributed by atoms with E-state index < -0.39 is 11.8 Å². The second-order valence-electron chi connectivity index (χ2n) is 6.55. The van der Waals surface area contributed by atoms with Gasteiger partial charge in [0.2, 0.25) is 5.95 Å². The largest absolute Gasteiger partial charge is 0.368 e. The number of urea groups is 1. The number of nitrogen functional groups attached to an aromatic ring is 1. The van der Waals surface area contributed by atoms with E-state index in [1.807, 2.05) is 18.2 Å². The van der Waals surface area contributed by atoms with Crippen LogP contribution in [0, 0.1) is 24.1 Å². The maximum atomic E-state index is 14.1. The number of pyridine rings is 1. The molecule has 4 rings (SSSR count). The van der Waals surface area contributed by atoms with Crippen molar-refractivity contribution in [3.63, 3.8) is 0 Å². The maximum Gasteiger partial charge on any atom is 0.323 e. The van der Waals surface area contributed by atoms with E-state index in [4.69, 9.17) is 5.73 Å². The molecule has 4 N–H and O–H groups in total. The van der Waals surface area contributed by atoms with Crippen LogP contribution in [0.2, 0.25) is 0 Å². The highest BCUT2D eigenvalue weighted by atomic mass is 19.1. The number of hydrogen-bond acceptors (Lipinski definition) is 5. The summed E-state index contributed by atoms with van der Waals surface area (Å²) in [6.07, 6.45) is 0. The first kappa shape index (κ1) is 18.9. The smallest absolute Gasteiger partial charge is 0.323 e. The highest BCUT2D eigenvalue weighted by Crippen LogP contribution is 2.25. The van der Waals surface area contributed by atoms with Crippen LogP contribution in [0.25, 0.3) is 16.9 Å².